The lowest BCUT2D eigenvalue weighted by Gasteiger charge is -2.40. The molecule has 2 unspecified atom stereocenters. The number of hydrogen-bond acceptors (Lipinski definition) is 3. The Morgan fingerprint density at radius 3 is 2.80 bits per heavy atom. The molecule has 1 fully saturated rings. The molecule has 20 heavy (non-hydrogen) atoms. The van der Waals surface area contributed by atoms with Gasteiger partial charge in [-0.05, 0) is 31.0 Å². The summed E-state index contributed by atoms with van der Waals surface area (Å²) in [6.45, 7) is 12.4. The first-order valence-corrected chi connectivity index (χ1v) is 8.81. The molecule has 0 radical (unpaired) electrons. The summed E-state index contributed by atoms with van der Waals surface area (Å²) < 4.78 is 0. The molecular weight excluding hydrogens is 264 g/mol. The maximum atomic E-state index is 3.57. The molecule has 1 aromatic carbocycles. The molecule has 0 amide bonds. The number of nitrogens with one attached hydrogen (secondary N) is 1. The SMILES string of the molecule is CC(C)CNCc1ccccc1N1CCSC(C)C1C. The quantitative estimate of drug-likeness (QED) is 0.889. The van der Waals surface area contributed by atoms with Crippen molar-refractivity contribution in [2.24, 2.45) is 5.92 Å². The number of rotatable bonds is 5. The van der Waals surface area contributed by atoms with Crippen molar-refractivity contribution < 1.29 is 0 Å². The Morgan fingerprint density at radius 2 is 2.05 bits per heavy atom. The Kier molecular flexibility index (Phi) is 5.79. The van der Waals surface area contributed by atoms with E-state index in [1.165, 1.54) is 17.0 Å². The summed E-state index contributed by atoms with van der Waals surface area (Å²) >= 11 is 2.09. The van der Waals surface area contributed by atoms with Crippen LogP contribution in [0.25, 0.3) is 0 Å². The van der Waals surface area contributed by atoms with Gasteiger partial charge in [0.1, 0.15) is 0 Å². The molecule has 1 heterocycles. The van der Waals surface area contributed by atoms with Crippen molar-refractivity contribution in [3.8, 4) is 0 Å². The molecule has 3 heteroatoms. The van der Waals surface area contributed by atoms with Crippen molar-refractivity contribution in [3.05, 3.63) is 29.8 Å². The van der Waals surface area contributed by atoms with Crippen LogP contribution in [0.15, 0.2) is 24.3 Å². The highest BCUT2D eigenvalue weighted by molar-refractivity contribution is 8.00. The highest BCUT2D eigenvalue weighted by Crippen LogP contribution is 2.31. The van der Waals surface area contributed by atoms with Crippen LogP contribution in [0.1, 0.15) is 33.3 Å². The number of thioether (sulfide) groups is 1. The standard InChI is InChI=1S/C17H28N2S/c1-13(2)11-18-12-16-7-5-6-8-17(16)19-9-10-20-15(4)14(19)3/h5-8,13-15,18H,9-12H2,1-4H3. The van der Waals surface area contributed by atoms with Gasteiger partial charge in [0.05, 0.1) is 0 Å². The van der Waals surface area contributed by atoms with E-state index in [2.05, 4.69) is 73.9 Å². The molecule has 112 valence electrons. The van der Waals surface area contributed by atoms with Crippen LogP contribution in [0.5, 0.6) is 0 Å². The Morgan fingerprint density at radius 1 is 1.30 bits per heavy atom. The van der Waals surface area contributed by atoms with E-state index in [1.807, 2.05) is 0 Å². The summed E-state index contributed by atoms with van der Waals surface area (Å²) in [6.07, 6.45) is 0. The number of para-hydroxylation sites is 1. The smallest absolute Gasteiger partial charge is 0.0414 e. The molecule has 2 rings (SSSR count). The van der Waals surface area contributed by atoms with Crippen molar-refractivity contribution in [1.29, 1.82) is 0 Å². The third kappa shape index (κ3) is 3.92. The summed E-state index contributed by atoms with van der Waals surface area (Å²) in [7, 11) is 0. The molecule has 1 aliphatic heterocycles. The van der Waals surface area contributed by atoms with Gasteiger partial charge < -0.3 is 10.2 Å². The Labute approximate surface area is 128 Å². The molecule has 0 aromatic heterocycles. The first-order chi connectivity index (χ1) is 9.59. The van der Waals surface area contributed by atoms with Gasteiger partial charge in [-0.2, -0.15) is 11.8 Å². The highest BCUT2D eigenvalue weighted by Gasteiger charge is 2.26. The van der Waals surface area contributed by atoms with Gasteiger partial charge in [-0.3, -0.25) is 0 Å². The zero-order chi connectivity index (χ0) is 14.5. The monoisotopic (exact) mass is 292 g/mol. The van der Waals surface area contributed by atoms with Gasteiger partial charge in [0.25, 0.3) is 0 Å². The lowest BCUT2D eigenvalue weighted by molar-refractivity contribution is 0.550. The van der Waals surface area contributed by atoms with Gasteiger partial charge in [-0.1, -0.05) is 39.0 Å². The number of hydrogen-bond donors (Lipinski definition) is 1. The molecule has 0 saturated carbocycles. The topological polar surface area (TPSA) is 15.3 Å². The van der Waals surface area contributed by atoms with Crippen LogP contribution < -0.4 is 10.2 Å². The maximum Gasteiger partial charge on any atom is 0.0414 e. The van der Waals surface area contributed by atoms with E-state index < -0.39 is 0 Å². The normalized spacial score (nSPS) is 23.4. The fourth-order valence-corrected chi connectivity index (χ4v) is 3.81. The molecule has 1 saturated heterocycles. The fraction of sp³-hybridized carbons (Fsp3) is 0.647. The van der Waals surface area contributed by atoms with E-state index in [4.69, 9.17) is 0 Å². The first kappa shape index (κ1) is 15.7. The molecule has 1 aromatic rings. The van der Waals surface area contributed by atoms with Crippen LogP contribution in [0, 0.1) is 5.92 Å². The lowest BCUT2D eigenvalue weighted by Crippen LogP contribution is -2.45. The zero-order valence-corrected chi connectivity index (χ0v) is 14.0. The van der Waals surface area contributed by atoms with Gasteiger partial charge in [0, 0.05) is 35.8 Å². The summed E-state index contributed by atoms with van der Waals surface area (Å²) in [5.74, 6) is 1.94. The van der Waals surface area contributed by atoms with Crippen LogP contribution in [0.4, 0.5) is 5.69 Å². The van der Waals surface area contributed by atoms with Crippen LogP contribution in [-0.4, -0.2) is 30.1 Å². The number of benzene rings is 1. The average molecular weight is 292 g/mol. The minimum absolute atomic E-state index is 0.611. The highest BCUT2D eigenvalue weighted by atomic mass is 32.2. The summed E-state index contributed by atoms with van der Waals surface area (Å²) in [5.41, 5.74) is 2.85. The van der Waals surface area contributed by atoms with E-state index in [1.54, 1.807) is 0 Å². The third-order valence-corrected chi connectivity index (χ3v) is 5.39. The molecule has 2 nitrogen and oxygen atoms in total. The second-order valence-electron chi connectivity index (χ2n) is 6.16. The second-order valence-corrected chi connectivity index (χ2v) is 7.65. The predicted octanol–water partition coefficient (Wildman–Crippen LogP) is 3.76. The third-order valence-electron chi connectivity index (χ3n) is 4.05. The molecule has 0 spiro atoms. The van der Waals surface area contributed by atoms with Crippen LogP contribution in [0.3, 0.4) is 0 Å². The average Bonchev–Trinajstić information content (AvgIpc) is 2.42. The van der Waals surface area contributed by atoms with Gasteiger partial charge in [0.2, 0.25) is 0 Å². The Balaban J connectivity index is 2.10. The second kappa shape index (κ2) is 7.37. The fourth-order valence-electron chi connectivity index (χ4n) is 2.71. The van der Waals surface area contributed by atoms with E-state index in [9.17, 15) is 0 Å². The van der Waals surface area contributed by atoms with E-state index in [-0.39, 0.29) is 0 Å². The first-order valence-electron chi connectivity index (χ1n) is 7.76. The zero-order valence-electron chi connectivity index (χ0n) is 13.2. The van der Waals surface area contributed by atoms with Crippen LogP contribution >= 0.6 is 11.8 Å². The predicted molar refractivity (Wildman–Crippen MR) is 91.7 cm³/mol. The number of nitrogens with zero attached hydrogens (tertiary/aromatic N) is 1. The van der Waals surface area contributed by atoms with Crippen molar-refractivity contribution in [1.82, 2.24) is 5.32 Å². The summed E-state index contributed by atoms with van der Waals surface area (Å²) in [6, 6.07) is 9.48. The minimum atomic E-state index is 0.611. The molecule has 1 N–H and O–H groups in total. The lowest BCUT2D eigenvalue weighted by atomic mass is 10.1. The maximum absolute atomic E-state index is 3.57. The molecule has 1 aliphatic rings. The van der Waals surface area contributed by atoms with E-state index >= 15 is 0 Å². The minimum Gasteiger partial charge on any atom is -0.367 e. The van der Waals surface area contributed by atoms with Crippen molar-refractivity contribution in [2.75, 3.05) is 23.7 Å². The largest absolute Gasteiger partial charge is 0.367 e. The molecule has 0 aliphatic carbocycles. The van der Waals surface area contributed by atoms with Crippen LogP contribution in [0.2, 0.25) is 0 Å². The van der Waals surface area contributed by atoms with Gasteiger partial charge in [-0.15, -0.1) is 0 Å². The van der Waals surface area contributed by atoms with E-state index in [0.717, 1.165) is 19.6 Å². The Bertz CT molecular complexity index is 419. The number of anilines is 1. The van der Waals surface area contributed by atoms with Gasteiger partial charge in [0.15, 0.2) is 0 Å². The van der Waals surface area contributed by atoms with Crippen molar-refractivity contribution >= 4 is 17.4 Å². The Hall–Kier alpha value is -0.670. The summed E-state index contributed by atoms with van der Waals surface area (Å²) in [4.78, 5) is 2.59. The van der Waals surface area contributed by atoms with Crippen molar-refractivity contribution in [2.45, 2.75) is 45.5 Å². The van der Waals surface area contributed by atoms with Gasteiger partial charge in [-0.25, -0.2) is 0 Å². The van der Waals surface area contributed by atoms with Crippen molar-refractivity contribution in [3.63, 3.8) is 0 Å². The molecular formula is C17H28N2S. The molecule has 0 bridgehead atoms. The van der Waals surface area contributed by atoms with E-state index in [0.29, 0.717) is 17.2 Å². The molecule has 2 atom stereocenters. The summed E-state index contributed by atoms with van der Waals surface area (Å²) in [5, 5.41) is 4.28. The van der Waals surface area contributed by atoms with Gasteiger partial charge >= 0.3 is 0 Å². The van der Waals surface area contributed by atoms with Crippen LogP contribution in [-0.2, 0) is 6.54 Å².